The van der Waals surface area contributed by atoms with Crippen molar-refractivity contribution in [3.63, 3.8) is 0 Å². The lowest BCUT2D eigenvalue weighted by molar-refractivity contribution is -0.0500. The maximum absolute atomic E-state index is 12.2. The Balaban J connectivity index is 2.20. The highest BCUT2D eigenvalue weighted by molar-refractivity contribution is 7.88. The Morgan fingerprint density at radius 3 is 1.78 bits per heavy atom. The first-order valence-electron chi connectivity index (χ1n) is 6.01. The van der Waals surface area contributed by atoms with Crippen LogP contribution in [0, 0.1) is 0 Å². The Morgan fingerprint density at radius 1 is 0.913 bits per heavy atom. The topological polar surface area (TPSA) is 60.4 Å². The van der Waals surface area contributed by atoms with Crippen LogP contribution in [0.25, 0.3) is 0 Å². The monoisotopic (exact) mass is 364 g/mol. The summed E-state index contributed by atoms with van der Waals surface area (Å²) in [6, 6.07) is 10.3. The summed E-state index contributed by atoms with van der Waals surface area (Å²) in [7, 11) is -5.74. The van der Waals surface area contributed by atoms with Gasteiger partial charge in [0.25, 0.3) is 0 Å². The molecule has 4 nitrogen and oxygen atoms in total. The molecular formula is C14H8ClF3O4S. The molecule has 0 bridgehead atoms. The van der Waals surface area contributed by atoms with Crippen LogP contribution in [-0.4, -0.2) is 19.7 Å². The highest BCUT2D eigenvalue weighted by Gasteiger charge is 2.48. The zero-order valence-electron chi connectivity index (χ0n) is 11.2. The van der Waals surface area contributed by atoms with E-state index in [0.717, 1.165) is 24.3 Å². The molecule has 9 heteroatoms. The molecule has 0 heterocycles. The minimum Gasteiger partial charge on any atom is -0.376 e. The molecule has 0 aliphatic rings. The van der Waals surface area contributed by atoms with E-state index in [-0.39, 0.29) is 5.56 Å². The molecule has 2 rings (SSSR count). The second-order valence-corrected chi connectivity index (χ2v) is 6.32. The summed E-state index contributed by atoms with van der Waals surface area (Å²) in [5.41, 5.74) is -5.04. The molecule has 0 spiro atoms. The first-order chi connectivity index (χ1) is 10.6. The average molecular weight is 365 g/mol. The molecule has 0 aliphatic heterocycles. The van der Waals surface area contributed by atoms with Crippen molar-refractivity contribution in [2.45, 2.75) is 5.51 Å². The van der Waals surface area contributed by atoms with Gasteiger partial charge in [0.15, 0.2) is 5.78 Å². The molecule has 0 fully saturated rings. The number of carbonyl (C=O) groups is 1. The van der Waals surface area contributed by atoms with E-state index in [9.17, 15) is 26.4 Å². The third kappa shape index (κ3) is 4.02. The summed E-state index contributed by atoms with van der Waals surface area (Å²) < 4.78 is 62.3. The number of hydrogen-bond acceptors (Lipinski definition) is 4. The van der Waals surface area contributed by atoms with Crippen LogP contribution in [0.3, 0.4) is 0 Å². The van der Waals surface area contributed by atoms with Crippen LogP contribution in [0.15, 0.2) is 48.5 Å². The molecule has 0 saturated carbocycles. The summed E-state index contributed by atoms with van der Waals surface area (Å²) in [4.78, 5) is 12.1. The predicted octanol–water partition coefficient (Wildman–Crippen LogP) is 3.80. The summed E-state index contributed by atoms with van der Waals surface area (Å²) in [6.45, 7) is 0. The summed E-state index contributed by atoms with van der Waals surface area (Å²) in [6.07, 6.45) is 0. The normalized spacial score (nSPS) is 12.0. The molecule has 0 saturated heterocycles. The van der Waals surface area contributed by atoms with Gasteiger partial charge in [0.1, 0.15) is 5.75 Å². The Labute approximate surface area is 134 Å². The molecule has 23 heavy (non-hydrogen) atoms. The van der Waals surface area contributed by atoms with Crippen molar-refractivity contribution >= 4 is 27.5 Å². The van der Waals surface area contributed by atoms with Gasteiger partial charge in [0.05, 0.1) is 0 Å². The molecule has 0 aromatic heterocycles. The van der Waals surface area contributed by atoms with Crippen molar-refractivity contribution in [1.29, 1.82) is 0 Å². The van der Waals surface area contributed by atoms with Crippen molar-refractivity contribution in [1.82, 2.24) is 0 Å². The van der Waals surface area contributed by atoms with Gasteiger partial charge in [-0.05, 0) is 48.5 Å². The van der Waals surface area contributed by atoms with Gasteiger partial charge in [-0.3, -0.25) is 4.79 Å². The highest BCUT2D eigenvalue weighted by atomic mass is 35.5. The molecule has 2 aromatic carbocycles. The molecular weight excluding hydrogens is 357 g/mol. The van der Waals surface area contributed by atoms with E-state index in [4.69, 9.17) is 11.6 Å². The lowest BCUT2D eigenvalue weighted by atomic mass is 10.0. The van der Waals surface area contributed by atoms with Gasteiger partial charge >= 0.3 is 15.6 Å². The van der Waals surface area contributed by atoms with E-state index in [1.807, 2.05) is 0 Å². The molecule has 0 radical (unpaired) electrons. The van der Waals surface area contributed by atoms with Crippen LogP contribution in [0.1, 0.15) is 15.9 Å². The molecule has 0 aliphatic carbocycles. The number of carbonyl (C=O) groups excluding carboxylic acids is 1. The van der Waals surface area contributed by atoms with Crippen molar-refractivity contribution in [2.75, 3.05) is 0 Å². The Hall–Kier alpha value is -2.06. The Morgan fingerprint density at radius 2 is 1.35 bits per heavy atom. The SMILES string of the molecule is O=C(c1ccc(Cl)cc1)c1ccc(OS(=O)(=O)C(F)(F)F)cc1. The highest BCUT2D eigenvalue weighted by Crippen LogP contribution is 2.27. The lowest BCUT2D eigenvalue weighted by Crippen LogP contribution is -2.28. The summed E-state index contributed by atoms with van der Waals surface area (Å²) in [5.74, 6) is -0.943. The van der Waals surface area contributed by atoms with E-state index in [1.165, 1.54) is 24.3 Å². The summed E-state index contributed by atoms with van der Waals surface area (Å²) in [5, 5.41) is 0.447. The zero-order chi connectivity index (χ0) is 17.3. The molecule has 122 valence electrons. The smallest absolute Gasteiger partial charge is 0.376 e. The fourth-order valence-corrected chi connectivity index (χ4v) is 2.19. The number of halogens is 4. The summed E-state index contributed by atoms with van der Waals surface area (Å²) >= 11 is 5.70. The number of ketones is 1. The van der Waals surface area contributed by atoms with Gasteiger partial charge in [0, 0.05) is 16.1 Å². The molecule has 0 N–H and O–H groups in total. The van der Waals surface area contributed by atoms with Crippen LogP contribution in [-0.2, 0) is 10.1 Å². The van der Waals surface area contributed by atoms with E-state index in [0.29, 0.717) is 10.6 Å². The average Bonchev–Trinajstić information content (AvgIpc) is 2.46. The number of benzene rings is 2. The largest absolute Gasteiger partial charge is 0.534 e. The maximum atomic E-state index is 12.2. The number of rotatable bonds is 4. The molecule has 0 atom stereocenters. The van der Waals surface area contributed by atoms with Gasteiger partial charge in [-0.15, -0.1) is 0 Å². The van der Waals surface area contributed by atoms with Crippen LogP contribution in [0.2, 0.25) is 5.02 Å². The van der Waals surface area contributed by atoms with E-state index in [2.05, 4.69) is 4.18 Å². The van der Waals surface area contributed by atoms with Gasteiger partial charge in [-0.1, -0.05) is 11.6 Å². The molecule has 2 aromatic rings. The van der Waals surface area contributed by atoms with Crippen LogP contribution in [0.4, 0.5) is 13.2 Å². The fraction of sp³-hybridized carbons (Fsp3) is 0.0714. The zero-order valence-corrected chi connectivity index (χ0v) is 12.7. The Kier molecular flexibility index (Phi) is 4.67. The number of hydrogen-bond donors (Lipinski definition) is 0. The fourth-order valence-electron chi connectivity index (χ4n) is 1.60. The first kappa shape index (κ1) is 17.3. The van der Waals surface area contributed by atoms with Gasteiger partial charge in [-0.2, -0.15) is 21.6 Å². The van der Waals surface area contributed by atoms with Crippen LogP contribution in [0.5, 0.6) is 5.75 Å². The van der Waals surface area contributed by atoms with Gasteiger partial charge in [-0.25, -0.2) is 0 Å². The minimum atomic E-state index is -5.74. The van der Waals surface area contributed by atoms with Crippen molar-refractivity contribution in [3.05, 3.63) is 64.7 Å². The van der Waals surface area contributed by atoms with E-state index >= 15 is 0 Å². The first-order valence-corrected chi connectivity index (χ1v) is 7.80. The van der Waals surface area contributed by atoms with Crippen molar-refractivity contribution in [3.8, 4) is 5.75 Å². The number of alkyl halides is 3. The minimum absolute atomic E-state index is 0.157. The lowest BCUT2D eigenvalue weighted by Gasteiger charge is -2.09. The quantitative estimate of drug-likeness (QED) is 0.470. The maximum Gasteiger partial charge on any atom is 0.534 e. The third-order valence-electron chi connectivity index (χ3n) is 2.71. The third-order valence-corrected chi connectivity index (χ3v) is 3.94. The van der Waals surface area contributed by atoms with E-state index < -0.39 is 27.2 Å². The van der Waals surface area contributed by atoms with Crippen molar-refractivity contribution in [2.24, 2.45) is 0 Å². The second-order valence-electron chi connectivity index (χ2n) is 4.34. The van der Waals surface area contributed by atoms with Crippen LogP contribution >= 0.6 is 11.6 Å². The van der Waals surface area contributed by atoms with Gasteiger partial charge in [0.2, 0.25) is 0 Å². The predicted molar refractivity (Wildman–Crippen MR) is 76.9 cm³/mol. The molecule has 0 amide bonds. The van der Waals surface area contributed by atoms with Crippen molar-refractivity contribution < 1.29 is 30.6 Å². The van der Waals surface area contributed by atoms with E-state index in [1.54, 1.807) is 0 Å². The second kappa shape index (κ2) is 6.21. The molecule has 0 unspecified atom stereocenters. The standard InChI is InChI=1S/C14H8ClF3O4S/c15-11-5-1-9(2-6-11)13(19)10-3-7-12(8-4-10)22-23(20,21)14(16,17)18/h1-8H. The van der Waals surface area contributed by atoms with Gasteiger partial charge < -0.3 is 4.18 Å². The Bertz CT molecular complexity index is 813. The van der Waals surface area contributed by atoms with Crippen LogP contribution < -0.4 is 4.18 Å².